The number of nitrogens with two attached hydrogens (primary N) is 1. The van der Waals surface area contributed by atoms with Crippen molar-refractivity contribution in [1.29, 1.82) is 0 Å². The summed E-state index contributed by atoms with van der Waals surface area (Å²) in [4.78, 5) is 5.52. The molecule has 1 heterocycles. The highest BCUT2D eigenvalue weighted by atomic mass is 79.9. The summed E-state index contributed by atoms with van der Waals surface area (Å²) in [6.45, 7) is 2.67. The molecule has 4 heteroatoms. The van der Waals surface area contributed by atoms with Gasteiger partial charge in [0, 0.05) is 17.6 Å². The second kappa shape index (κ2) is 5.67. The number of benzene rings is 1. The van der Waals surface area contributed by atoms with Gasteiger partial charge in [-0.05, 0) is 58.2 Å². The number of rotatable bonds is 3. The molecule has 1 aromatic heterocycles. The minimum absolute atomic E-state index is 0.587. The number of aryl methyl sites for hydroxylation is 1. The van der Waals surface area contributed by atoms with Gasteiger partial charge in [-0.3, -0.25) is 0 Å². The van der Waals surface area contributed by atoms with Crippen molar-refractivity contribution in [3.63, 3.8) is 0 Å². The van der Waals surface area contributed by atoms with Crippen LogP contribution in [-0.4, -0.2) is 4.98 Å². The van der Waals surface area contributed by atoms with Crippen LogP contribution >= 0.6 is 27.7 Å². The first-order chi connectivity index (χ1) is 8.20. The van der Waals surface area contributed by atoms with Crippen LogP contribution < -0.4 is 5.73 Å². The minimum Gasteiger partial charge on any atom is -0.326 e. The Balaban J connectivity index is 2.25. The largest absolute Gasteiger partial charge is 0.326 e. The van der Waals surface area contributed by atoms with Crippen LogP contribution in [0, 0.1) is 6.92 Å². The second-order valence-electron chi connectivity index (χ2n) is 3.68. The molecular formula is C13H13BrN2S. The highest BCUT2D eigenvalue weighted by Crippen LogP contribution is 2.32. The first kappa shape index (κ1) is 12.6. The summed E-state index contributed by atoms with van der Waals surface area (Å²) < 4.78 is 1.02. The van der Waals surface area contributed by atoms with Gasteiger partial charge in [-0.25, -0.2) is 4.98 Å². The summed E-state index contributed by atoms with van der Waals surface area (Å²) in [5.74, 6) is 0. The van der Waals surface area contributed by atoms with Crippen molar-refractivity contribution < 1.29 is 0 Å². The molecule has 88 valence electrons. The second-order valence-corrected chi connectivity index (χ2v) is 5.60. The summed E-state index contributed by atoms with van der Waals surface area (Å²) in [7, 11) is 0. The molecule has 0 fully saturated rings. The number of nitrogens with zero attached hydrogens (tertiary/aromatic N) is 1. The molecule has 2 nitrogen and oxygen atoms in total. The zero-order valence-electron chi connectivity index (χ0n) is 9.48. The predicted octanol–water partition coefficient (Wildman–Crippen LogP) is 3.76. The smallest absolute Gasteiger partial charge is 0.115 e. The van der Waals surface area contributed by atoms with Crippen molar-refractivity contribution in [3.05, 3.63) is 52.1 Å². The maximum absolute atomic E-state index is 5.65. The average Bonchev–Trinajstić information content (AvgIpc) is 2.32. The van der Waals surface area contributed by atoms with Gasteiger partial charge >= 0.3 is 0 Å². The number of aromatic nitrogens is 1. The van der Waals surface area contributed by atoms with E-state index in [2.05, 4.69) is 46.0 Å². The van der Waals surface area contributed by atoms with Crippen molar-refractivity contribution in [2.75, 3.05) is 0 Å². The van der Waals surface area contributed by atoms with Gasteiger partial charge in [-0.2, -0.15) is 0 Å². The molecule has 0 saturated heterocycles. The molecule has 0 amide bonds. The van der Waals surface area contributed by atoms with E-state index in [1.165, 1.54) is 16.0 Å². The van der Waals surface area contributed by atoms with E-state index in [1.807, 2.05) is 12.1 Å². The van der Waals surface area contributed by atoms with Crippen molar-refractivity contribution in [1.82, 2.24) is 4.98 Å². The molecule has 0 atom stereocenters. The van der Waals surface area contributed by atoms with Crippen molar-refractivity contribution >= 4 is 27.7 Å². The average molecular weight is 309 g/mol. The van der Waals surface area contributed by atoms with Crippen LogP contribution in [0.2, 0.25) is 0 Å². The van der Waals surface area contributed by atoms with Crippen molar-refractivity contribution in [2.45, 2.75) is 23.4 Å². The van der Waals surface area contributed by atoms with E-state index in [4.69, 9.17) is 5.73 Å². The van der Waals surface area contributed by atoms with Gasteiger partial charge in [0.1, 0.15) is 5.03 Å². The van der Waals surface area contributed by atoms with E-state index in [9.17, 15) is 0 Å². The number of hydrogen-bond acceptors (Lipinski definition) is 3. The zero-order chi connectivity index (χ0) is 12.3. The van der Waals surface area contributed by atoms with E-state index in [1.54, 1.807) is 18.0 Å². The highest BCUT2D eigenvalue weighted by Gasteiger charge is 2.04. The van der Waals surface area contributed by atoms with Crippen LogP contribution in [-0.2, 0) is 6.54 Å². The molecule has 0 aliphatic carbocycles. The Hall–Kier alpha value is -0.840. The molecule has 1 aromatic carbocycles. The summed E-state index contributed by atoms with van der Waals surface area (Å²) in [5, 5.41) is 0.979. The third-order valence-electron chi connectivity index (χ3n) is 2.47. The maximum Gasteiger partial charge on any atom is 0.115 e. The third-order valence-corrected chi connectivity index (χ3v) is 4.38. The first-order valence-corrected chi connectivity index (χ1v) is 6.89. The summed E-state index contributed by atoms with van der Waals surface area (Å²) in [6.07, 6.45) is 1.80. The first-order valence-electron chi connectivity index (χ1n) is 5.28. The Morgan fingerprint density at radius 2 is 2.18 bits per heavy atom. The molecule has 2 N–H and O–H groups in total. The van der Waals surface area contributed by atoms with Gasteiger partial charge < -0.3 is 5.73 Å². The van der Waals surface area contributed by atoms with E-state index in [0.717, 1.165) is 9.50 Å². The predicted molar refractivity (Wildman–Crippen MR) is 75.1 cm³/mol. The molecule has 0 aliphatic heterocycles. The van der Waals surface area contributed by atoms with Gasteiger partial charge in [0.15, 0.2) is 0 Å². The Kier molecular flexibility index (Phi) is 4.20. The Bertz CT molecular complexity index is 529. The molecule has 2 aromatic rings. The Labute approximate surface area is 114 Å². The molecule has 0 saturated carbocycles. The third kappa shape index (κ3) is 3.09. The fraction of sp³-hybridized carbons (Fsp3) is 0.154. The number of halogens is 1. The monoisotopic (exact) mass is 308 g/mol. The lowest BCUT2D eigenvalue weighted by atomic mass is 10.1. The van der Waals surface area contributed by atoms with Gasteiger partial charge in [-0.1, -0.05) is 17.8 Å². The van der Waals surface area contributed by atoms with Crippen LogP contribution in [0.15, 0.2) is 50.9 Å². The topological polar surface area (TPSA) is 38.9 Å². The van der Waals surface area contributed by atoms with Crippen LogP contribution in [0.1, 0.15) is 11.1 Å². The Morgan fingerprint density at radius 3 is 2.82 bits per heavy atom. The summed E-state index contributed by atoms with van der Waals surface area (Å²) in [6, 6.07) is 10.2. The van der Waals surface area contributed by atoms with E-state index in [-0.39, 0.29) is 0 Å². The zero-order valence-corrected chi connectivity index (χ0v) is 11.9. The molecule has 0 unspecified atom stereocenters. The fourth-order valence-electron chi connectivity index (χ4n) is 1.52. The minimum atomic E-state index is 0.587. The van der Waals surface area contributed by atoms with Gasteiger partial charge in [0.05, 0.1) is 4.47 Å². The lowest BCUT2D eigenvalue weighted by Crippen LogP contribution is -1.98. The number of hydrogen-bond donors (Lipinski definition) is 1. The molecule has 0 radical (unpaired) electrons. The van der Waals surface area contributed by atoms with Crippen LogP contribution in [0.5, 0.6) is 0 Å². The van der Waals surface area contributed by atoms with Crippen LogP contribution in [0.3, 0.4) is 0 Å². The fourth-order valence-corrected chi connectivity index (χ4v) is 2.89. The molecule has 0 aliphatic rings. The van der Waals surface area contributed by atoms with Crippen LogP contribution in [0.4, 0.5) is 0 Å². The van der Waals surface area contributed by atoms with E-state index in [0.29, 0.717) is 6.54 Å². The maximum atomic E-state index is 5.65. The van der Waals surface area contributed by atoms with E-state index >= 15 is 0 Å². The Morgan fingerprint density at radius 1 is 1.35 bits per heavy atom. The van der Waals surface area contributed by atoms with Crippen LogP contribution in [0.25, 0.3) is 0 Å². The highest BCUT2D eigenvalue weighted by molar-refractivity contribution is 9.10. The van der Waals surface area contributed by atoms with Crippen molar-refractivity contribution in [2.24, 2.45) is 5.73 Å². The molecular weight excluding hydrogens is 296 g/mol. The lowest BCUT2D eigenvalue weighted by Gasteiger charge is -2.07. The normalized spacial score (nSPS) is 10.5. The van der Waals surface area contributed by atoms with Gasteiger partial charge in [-0.15, -0.1) is 0 Å². The quantitative estimate of drug-likeness (QED) is 0.938. The molecule has 0 bridgehead atoms. The molecule has 0 spiro atoms. The van der Waals surface area contributed by atoms with E-state index < -0.39 is 0 Å². The summed E-state index contributed by atoms with van der Waals surface area (Å²) in [5.41, 5.74) is 8.07. The summed E-state index contributed by atoms with van der Waals surface area (Å²) >= 11 is 5.15. The number of pyridine rings is 1. The molecule has 17 heavy (non-hydrogen) atoms. The standard InChI is InChI=1S/C13H13BrN2S/c1-9-7-11(5-4-10(9)8-15)17-13-12(14)3-2-6-16-13/h2-7H,8,15H2,1H3. The van der Waals surface area contributed by atoms with Gasteiger partial charge in [0.2, 0.25) is 0 Å². The van der Waals surface area contributed by atoms with Crippen molar-refractivity contribution in [3.8, 4) is 0 Å². The van der Waals surface area contributed by atoms with Gasteiger partial charge in [0.25, 0.3) is 0 Å². The lowest BCUT2D eigenvalue weighted by molar-refractivity contribution is 1.04. The molecule has 2 rings (SSSR count). The SMILES string of the molecule is Cc1cc(Sc2ncccc2Br)ccc1CN.